The van der Waals surface area contributed by atoms with Gasteiger partial charge in [-0.3, -0.25) is 14.6 Å². The van der Waals surface area contributed by atoms with Crippen LogP contribution in [0.25, 0.3) is 22.5 Å². The summed E-state index contributed by atoms with van der Waals surface area (Å²) in [6, 6.07) is 10.1. The Morgan fingerprint density at radius 2 is 1.77 bits per heavy atom. The number of likely N-dealkylation sites (tertiary alicyclic amines) is 2. The van der Waals surface area contributed by atoms with Gasteiger partial charge in [0.1, 0.15) is 5.82 Å². The Morgan fingerprint density at radius 1 is 1.00 bits per heavy atom. The van der Waals surface area contributed by atoms with Crippen molar-refractivity contribution in [2.75, 3.05) is 46.4 Å². The highest BCUT2D eigenvalue weighted by atomic mass is 16.5. The van der Waals surface area contributed by atoms with Gasteiger partial charge in [0.05, 0.1) is 18.0 Å². The second kappa shape index (κ2) is 11.4. The predicted octanol–water partition coefficient (Wildman–Crippen LogP) is 4.33. The number of nitrogens with one attached hydrogen (secondary N) is 1. The molecular formula is C31H37N5O3. The summed E-state index contributed by atoms with van der Waals surface area (Å²) in [5, 5.41) is 0. The van der Waals surface area contributed by atoms with Gasteiger partial charge < -0.3 is 19.5 Å². The Kier molecular flexibility index (Phi) is 7.57. The molecule has 8 nitrogen and oxygen atoms in total. The van der Waals surface area contributed by atoms with Crippen LogP contribution < -0.4 is 0 Å². The minimum Gasteiger partial charge on any atom is -0.383 e. The molecule has 2 saturated heterocycles. The summed E-state index contributed by atoms with van der Waals surface area (Å²) in [5.74, 6) is 1.94. The highest BCUT2D eigenvalue weighted by Crippen LogP contribution is 2.37. The molecule has 0 unspecified atom stereocenters. The van der Waals surface area contributed by atoms with E-state index >= 15 is 0 Å². The number of benzene rings is 1. The van der Waals surface area contributed by atoms with Crippen molar-refractivity contribution in [2.45, 2.75) is 44.4 Å². The highest BCUT2D eigenvalue weighted by Gasteiger charge is 2.32. The lowest BCUT2D eigenvalue weighted by molar-refractivity contribution is -0.138. The van der Waals surface area contributed by atoms with E-state index in [2.05, 4.69) is 25.8 Å². The largest absolute Gasteiger partial charge is 0.383 e. The Balaban J connectivity index is 1.16. The third-order valence-corrected chi connectivity index (χ3v) is 8.73. The number of methoxy groups -OCH3 is 1. The van der Waals surface area contributed by atoms with Crippen molar-refractivity contribution in [3.8, 4) is 22.5 Å². The van der Waals surface area contributed by atoms with Crippen LogP contribution >= 0.6 is 0 Å². The van der Waals surface area contributed by atoms with E-state index in [9.17, 15) is 9.59 Å². The van der Waals surface area contributed by atoms with Gasteiger partial charge in [-0.25, -0.2) is 4.98 Å². The standard InChI is InChI=1S/C31H37N5O3/c1-39-19-18-35-14-8-23(9-15-35)31(38)36-16-10-22(11-17-36)30-33-28(21-6-12-32-13-7-21)29(34-30)25-2-4-26-24(20-25)3-5-27(26)37/h2,4,6-7,12-13,20,22-23H,3,5,8-11,14-19H2,1H3,(H,33,34). The molecule has 2 aliphatic heterocycles. The van der Waals surface area contributed by atoms with Crippen LogP contribution in [0, 0.1) is 5.92 Å². The first-order valence-electron chi connectivity index (χ1n) is 14.3. The van der Waals surface area contributed by atoms with Crippen LogP contribution in [0.3, 0.4) is 0 Å². The summed E-state index contributed by atoms with van der Waals surface area (Å²) in [4.78, 5) is 42.9. The van der Waals surface area contributed by atoms with Crippen LogP contribution in [0.4, 0.5) is 0 Å². The molecule has 8 heteroatoms. The zero-order valence-corrected chi connectivity index (χ0v) is 22.7. The van der Waals surface area contributed by atoms with Crippen molar-refractivity contribution >= 4 is 11.7 Å². The first-order valence-corrected chi connectivity index (χ1v) is 14.3. The van der Waals surface area contributed by atoms with Gasteiger partial charge in [0.15, 0.2) is 5.78 Å². The van der Waals surface area contributed by atoms with Crippen LogP contribution in [0.15, 0.2) is 42.7 Å². The topological polar surface area (TPSA) is 91.4 Å². The van der Waals surface area contributed by atoms with Gasteiger partial charge >= 0.3 is 0 Å². The number of H-pyrrole nitrogens is 1. The molecule has 3 aliphatic rings. The van der Waals surface area contributed by atoms with Gasteiger partial charge in [0.25, 0.3) is 0 Å². The molecule has 2 fully saturated rings. The molecule has 0 atom stereocenters. The molecule has 3 aromatic rings. The second-order valence-corrected chi connectivity index (χ2v) is 11.1. The lowest BCUT2D eigenvalue weighted by atomic mass is 9.91. The number of imidazole rings is 1. The summed E-state index contributed by atoms with van der Waals surface area (Å²) >= 11 is 0. The fourth-order valence-corrected chi connectivity index (χ4v) is 6.38. The Hall–Kier alpha value is -3.36. The first-order chi connectivity index (χ1) is 19.1. The van der Waals surface area contributed by atoms with E-state index < -0.39 is 0 Å². The number of Topliss-reactive ketones (excluding diaryl/α,β-unsaturated/α-hetero) is 1. The number of fused-ring (bicyclic) bond motifs is 1. The summed E-state index contributed by atoms with van der Waals surface area (Å²) < 4.78 is 5.20. The number of nitrogens with zero attached hydrogens (tertiary/aromatic N) is 4. The zero-order valence-electron chi connectivity index (χ0n) is 22.7. The third-order valence-electron chi connectivity index (χ3n) is 8.73. The first kappa shape index (κ1) is 25.9. The van der Waals surface area contributed by atoms with Crippen LogP contribution in [0.5, 0.6) is 0 Å². The number of ether oxygens (including phenoxy) is 1. The second-order valence-electron chi connectivity index (χ2n) is 11.1. The number of aromatic amines is 1. The summed E-state index contributed by atoms with van der Waals surface area (Å²) in [6.45, 7) is 5.18. The molecular weight excluding hydrogens is 490 g/mol. The SMILES string of the molecule is COCCN1CCC(C(=O)N2CCC(c3nc(-c4ccc5c(c4)CCC5=O)c(-c4ccncc4)[nH]3)CC2)CC1. The number of amides is 1. The van der Waals surface area contributed by atoms with Crippen LogP contribution in [0.1, 0.15) is 59.8 Å². The molecule has 0 saturated carbocycles. The lowest BCUT2D eigenvalue weighted by Crippen LogP contribution is -2.45. The van der Waals surface area contributed by atoms with Crippen LogP contribution in [0.2, 0.25) is 0 Å². The molecule has 6 rings (SSSR count). The maximum atomic E-state index is 13.3. The van der Waals surface area contributed by atoms with E-state index in [-0.39, 0.29) is 17.6 Å². The summed E-state index contributed by atoms with van der Waals surface area (Å²) in [5.41, 5.74) is 5.92. The van der Waals surface area contributed by atoms with Crippen LogP contribution in [-0.4, -0.2) is 82.9 Å². The molecule has 1 amide bonds. The monoisotopic (exact) mass is 527 g/mol. The van der Waals surface area contributed by atoms with Crippen molar-refractivity contribution in [2.24, 2.45) is 5.92 Å². The number of aryl methyl sites for hydroxylation is 1. The van der Waals surface area contributed by atoms with Gasteiger partial charge in [0.2, 0.25) is 5.91 Å². The zero-order chi connectivity index (χ0) is 26.8. The van der Waals surface area contributed by atoms with Gasteiger partial charge in [-0.15, -0.1) is 0 Å². The van der Waals surface area contributed by atoms with Crippen molar-refractivity contribution in [1.82, 2.24) is 24.8 Å². The number of rotatable bonds is 7. The normalized spacial score (nSPS) is 19.0. The van der Waals surface area contributed by atoms with E-state index in [0.29, 0.717) is 12.3 Å². The Morgan fingerprint density at radius 3 is 2.51 bits per heavy atom. The quantitative estimate of drug-likeness (QED) is 0.492. The number of hydrogen-bond donors (Lipinski definition) is 1. The molecule has 2 aromatic heterocycles. The number of carbonyl (C=O) groups excluding carboxylic acids is 2. The number of hydrogen-bond acceptors (Lipinski definition) is 6. The molecule has 204 valence electrons. The Labute approximate surface area is 229 Å². The summed E-state index contributed by atoms with van der Waals surface area (Å²) in [7, 11) is 1.74. The highest BCUT2D eigenvalue weighted by molar-refractivity contribution is 6.01. The van der Waals surface area contributed by atoms with Gasteiger partial charge in [-0.2, -0.15) is 0 Å². The molecule has 1 aromatic carbocycles. The molecule has 0 radical (unpaired) electrons. The minimum atomic E-state index is 0.139. The number of aromatic nitrogens is 3. The fraction of sp³-hybridized carbons (Fsp3) is 0.484. The average Bonchev–Trinajstić information content (AvgIpc) is 3.60. The number of carbonyl (C=O) groups is 2. The van der Waals surface area contributed by atoms with Crippen molar-refractivity contribution < 1.29 is 14.3 Å². The van der Waals surface area contributed by atoms with Crippen molar-refractivity contribution in [1.29, 1.82) is 0 Å². The summed E-state index contributed by atoms with van der Waals surface area (Å²) in [6.07, 6.45) is 8.66. The third kappa shape index (κ3) is 5.40. The molecule has 1 aliphatic carbocycles. The Bertz CT molecular complexity index is 1320. The van der Waals surface area contributed by atoms with Crippen molar-refractivity contribution in [3.05, 3.63) is 59.7 Å². The minimum absolute atomic E-state index is 0.139. The van der Waals surface area contributed by atoms with E-state index in [1.54, 1.807) is 19.5 Å². The fourth-order valence-electron chi connectivity index (χ4n) is 6.38. The van der Waals surface area contributed by atoms with Crippen molar-refractivity contribution in [3.63, 3.8) is 0 Å². The maximum absolute atomic E-state index is 13.3. The lowest BCUT2D eigenvalue weighted by Gasteiger charge is -2.37. The van der Waals surface area contributed by atoms with E-state index in [0.717, 1.165) is 111 Å². The number of piperidine rings is 2. The van der Waals surface area contributed by atoms with Gasteiger partial charge in [-0.1, -0.05) is 12.1 Å². The van der Waals surface area contributed by atoms with E-state index in [1.165, 1.54) is 0 Å². The number of ketones is 1. The van der Waals surface area contributed by atoms with Gasteiger partial charge in [0, 0.05) is 74.1 Å². The van der Waals surface area contributed by atoms with E-state index in [1.807, 2.05) is 24.3 Å². The van der Waals surface area contributed by atoms with Gasteiger partial charge in [-0.05, 0) is 69.0 Å². The smallest absolute Gasteiger partial charge is 0.225 e. The molecule has 4 heterocycles. The molecule has 0 spiro atoms. The predicted molar refractivity (Wildman–Crippen MR) is 150 cm³/mol. The molecule has 39 heavy (non-hydrogen) atoms. The van der Waals surface area contributed by atoms with Crippen LogP contribution in [-0.2, 0) is 16.0 Å². The molecule has 0 bridgehead atoms. The number of pyridine rings is 1. The molecule has 1 N–H and O–H groups in total. The average molecular weight is 528 g/mol. The van der Waals surface area contributed by atoms with E-state index in [4.69, 9.17) is 9.72 Å². The maximum Gasteiger partial charge on any atom is 0.225 e.